The molecule has 5 heteroatoms. The summed E-state index contributed by atoms with van der Waals surface area (Å²) < 4.78 is 5.03. The highest BCUT2D eigenvalue weighted by atomic mass is 16.5. The van der Waals surface area contributed by atoms with Gasteiger partial charge in [-0.2, -0.15) is 0 Å². The molecule has 18 heavy (non-hydrogen) atoms. The fourth-order valence-electron chi connectivity index (χ4n) is 2.44. The van der Waals surface area contributed by atoms with E-state index >= 15 is 0 Å². The van der Waals surface area contributed by atoms with Crippen molar-refractivity contribution >= 4 is 5.88 Å². The summed E-state index contributed by atoms with van der Waals surface area (Å²) in [5, 5.41) is 17.8. The number of aromatic nitrogens is 2. The van der Waals surface area contributed by atoms with Gasteiger partial charge in [0, 0.05) is 18.4 Å². The number of aliphatic hydroxyl groups is 1. The minimum atomic E-state index is -0.731. The molecule has 1 saturated heterocycles. The second-order valence-electron chi connectivity index (χ2n) is 4.64. The lowest BCUT2D eigenvalue weighted by Gasteiger charge is -2.38. The Morgan fingerprint density at radius 2 is 1.89 bits per heavy atom. The summed E-state index contributed by atoms with van der Waals surface area (Å²) in [7, 11) is 0. The van der Waals surface area contributed by atoms with Crippen LogP contribution in [0.3, 0.4) is 0 Å². The molecule has 1 N–H and O–H groups in total. The SMILES string of the molecule is OC1(c2ccccc2)CCN(c2cnno2)CC1. The average molecular weight is 245 g/mol. The lowest BCUT2D eigenvalue weighted by Crippen LogP contribution is -2.42. The fourth-order valence-corrected chi connectivity index (χ4v) is 2.44. The van der Waals surface area contributed by atoms with E-state index in [9.17, 15) is 5.11 Å². The second kappa shape index (κ2) is 4.42. The molecular weight excluding hydrogens is 230 g/mol. The van der Waals surface area contributed by atoms with Gasteiger partial charge in [0.25, 0.3) is 0 Å². The predicted molar refractivity (Wildman–Crippen MR) is 66.1 cm³/mol. The third kappa shape index (κ3) is 1.97. The van der Waals surface area contributed by atoms with E-state index in [1.807, 2.05) is 30.3 Å². The van der Waals surface area contributed by atoms with Crippen molar-refractivity contribution in [3.8, 4) is 0 Å². The quantitative estimate of drug-likeness (QED) is 0.870. The highest BCUT2D eigenvalue weighted by Crippen LogP contribution is 2.33. The van der Waals surface area contributed by atoms with Crippen LogP contribution in [0.5, 0.6) is 0 Å². The first kappa shape index (κ1) is 11.2. The Labute approximate surface area is 105 Å². The highest BCUT2D eigenvalue weighted by Gasteiger charge is 2.34. The number of hydrogen-bond acceptors (Lipinski definition) is 5. The van der Waals surface area contributed by atoms with E-state index in [1.54, 1.807) is 6.20 Å². The normalized spacial score (nSPS) is 18.8. The summed E-state index contributed by atoms with van der Waals surface area (Å²) in [6.45, 7) is 1.48. The summed E-state index contributed by atoms with van der Waals surface area (Å²) in [6, 6.07) is 9.83. The van der Waals surface area contributed by atoms with Crippen LogP contribution in [0.1, 0.15) is 18.4 Å². The van der Waals surface area contributed by atoms with E-state index in [0.717, 1.165) is 18.7 Å². The van der Waals surface area contributed by atoms with Crippen LogP contribution in [0.25, 0.3) is 0 Å². The van der Waals surface area contributed by atoms with Crippen molar-refractivity contribution in [2.45, 2.75) is 18.4 Å². The summed E-state index contributed by atoms with van der Waals surface area (Å²) in [5.74, 6) is 0.671. The Morgan fingerprint density at radius 1 is 1.17 bits per heavy atom. The van der Waals surface area contributed by atoms with Crippen LogP contribution in [-0.4, -0.2) is 28.6 Å². The molecule has 94 valence electrons. The Kier molecular flexibility index (Phi) is 2.76. The molecular formula is C13H15N3O2. The molecule has 2 aromatic rings. The molecule has 5 nitrogen and oxygen atoms in total. The van der Waals surface area contributed by atoms with Crippen LogP contribution in [0, 0.1) is 0 Å². The van der Waals surface area contributed by atoms with Gasteiger partial charge in [0.05, 0.1) is 5.60 Å². The van der Waals surface area contributed by atoms with Crippen molar-refractivity contribution in [2.24, 2.45) is 0 Å². The molecule has 3 rings (SSSR count). The van der Waals surface area contributed by atoms with Crippen LogP contribution >= 0.6 is 0 Å². The van der Waals surface area contributed by atoms with Gasteiger partial charge in [-0.1, -0.05) is 30.3 Å². The van der Waals surface area contributed by atoms with Crippen molar-refractivity contribution in [3.05, 3.63) is 42.1 Å². The largest absolute Gasteiger partial charge is 0.385 e. The molecule has 0 spiro atoms. The summed E-state index contributed by atoms with van der Waals surface area (Å²) in [5.41, 5.74) is 0.255. The maximum atomic E-state index is 10.7. The van der Waals surface area contributed by atoms with Gasteiger partial charge < -0.3 is 14.5 Å². The maximum Gasteiger partial charge on any atom is 0.247 e. The molecule has 1 aliphatic rings. The predicted octanol–water partition coefficient (Wildman–Crippen LogP) is 1.56. The lowest BCUT2D eigenvalue weighted by atomic mass is 9.84. The number of benzene rings is 1. The van der Waals surface area contributed by atoms with Crippen molar-refractivity contribution < 1.29 is 9.63 Å². The molecule has 0 bridgehead atoms. The van der Waals surface area contributed by atoms with Crippen molar-refractivity contribution in [3.63, 3.8) is 0 Å². The standard InChI is InChI=1S/C13H15N3O2/c17-13(11-4-2-1-3-5-11)6-8-16(9-7-13)12-10-14-15-18-12/h1-5,10,17H,6-9H2. The van der Waals surface area contributed by atoms with Crippen LogP contribution in [0.2, 0.25) is 0 Å². The van der Waals surface area contributed by atoms with Gasteiger partial charge >= 0.3 is 0 Å². The average Bonchev–Trinajstić information content (AvgIpc) is 2.95. The van der Waals surface area contributed by atoms with Crippen molar-refractivity contribution in [1.29, 1.82) is 0 Å². The first-order valence-electron chi connectivity index (χ1n) is 6.08. The minimum absolute atomic E-state index is 0.671. The zero-order chi connectivity index (χ0) is 12.4. The molecule has 2 heterocycles. The fraction of sp³-hybridized carbons (Fsp3) is 0.385. The first-order valence-corrected chi connectivity index (χ1v) is 6.08. The lowest BCUT2D eigenvalue weighted by molar-refractivity contribution is 0.0110. The zero-order valence-electron chi connectivity index (χ0n) is 9.99. The van der Waals surface area contributed by atoms with Gasteiger partial charge in [-0.15, -0.1) is 5.10 Å². The van der Waals surface area contributed by atoms with E-state index in [1.165, 1.54) is 0 Å². The van der Waals surface area contributed by atoms with E-state index in [-0.39, 0.29) is 0 Å². The number of anilines is 1. The van der Waals surface area contributed by atoms with Crippen molar-refractivity contribution in [2.75, 3.05) is 18.0 Å². The monoisotopic (exact) mass is 245 g/mol. The first-order chi connectivity index (χ1) is 8.78. The zero-order valence-corrected chi connectivity index (χ0v) is 9.99. The van der Waals surface area contributed by atoms with Crippen LogP contribution in [0.4, 0.5) is 5.88 Å². The smallest absolute Gasteiger partial charge is 0.247 e. The topological polar surface area (TPSA) is 62.4 Å². The third-order valence-electron chi connectivity index (χ3n) is 3.56. The molecule has 1 aliphatic heterocycles. The van der Waals surface area contributed by atoms with Gasteiger partial charge in [-0.05, 0) is 18.4 Å². The number of hydrogen-bond donors (Lipinski definition) is 1. The Morgan fingerprint density at radius 3 is 2.50 bits per heavy atom. The van der Waals surface area contributed by atoms with E-state index < -0.39 is 5.60 Å². The minimum Gasteiger partial charge on any atom is -0.385 e. The molecule has 0 radical (unpaired) electrons. The summed E-state index contributed by atoms with van der Waals surface area (Å²) >= 11 is 0. The summed E-state index contributed by atoms with van der Waals surface area (Å²) in [6.07, 6.45) is 2.96. The van der Waals surface area contributed by atoms with E-state index in [2.05, 4.69) is 15.3 Å². The number of rotatable bonds is 2. The van der Waals surface area contributed by atoms with Gasteiger partial charge in [0.15, 0.2) is 0 Å². The number of piperidine rings is 1. The molecule has 1 fully saturated rings. The maximum absolute atomic E-state index is 10.7. The molecule has 1 aromatic carbocycles. The Balaban J connectivity index is 1.73. The van der Waals surface area contributed by atoms with Crippen LogP contribution in [-0.2, 0) is 5.60 Å². The van der Waals surface area contributed by atoms with Gasteiger partial charge in [-0.25, -0.2) is 0 Å². The van der Waals surface area contributed by atoms with Gasteiger partial charge in [-0.3, -0.25) is 0 Å². The Hall–Kier alpha value is -1.88. The van der Waals surface area contributed by atoms with E-state index in [4.69, 9.17) is 4.52 Å². The molecule has 0 amide bonds. The second-order valence-corrected chi connectivity index (χ2v) is 4.64. The van der Waals surface area contributed by atoms with E-state index in [0.29, 0.717) is 18.7 Å². The molecule has 0 atom stereocenters. The highest BCUT2D eigenvalue weighted by molar-refractivity contribution is 5.33. The third-order valence-corrected chi connectivity index (χ3v) is 3.56. The van der Waals surface area contributed by atoms with Crippen LogP contribution in [0.15, 0.2) is 41.1 Å². The molecule has 0 unspecified atom stereocenters. The van der Waals surface area contributed by atoms with Gasteiger partial charge in [0.2, 0.25) is 5.88 Å². The van der Waals surface area contributed by atoms with Gasteiger partial charge in [0.1, 0.15) is 6.20 Å². The van der Waals surface area contributed by atoms with Crippen LogP contribution < -0.4 is 4.90 Å². The molecule has 0 saturated carbocycles. The number of nitrogens with zero attached hydrogens (tertiary/aromatic N) is 3. The molecule has 1 aromatic heterocycles. The Bertz CT molecular complexity index is 490. The van der Waals surface area contributed by atoms with Crippen molar-refractivity contribution in [1.82, 2.24) is 10.4 Å². The summed E-state index contributed by atoms with van der Waals surface area (Å²) in [4.78, 5) is 2.05. The molecule has 0 aliphatic carbocycles.